The lowest BCUT2D eigenvalue weighted by Crippen LogP contribution is -2.36. The zero-order chi connectivity index (χ0) is 15.1. The third-order valence-corrected chi connectivity index (χ3v) is 3.91. The third kappa shape index (κ3) is 4.92. The van der Waals surface area contributed by atoms with Crippen LogP contribution in [0.2, 0.25) is 10.0 Å². The molecular formula is C17H19Cl2NO. The van der Waals surface area contributed by atoms with Gasteiger partial charge >= 0.3 is 0 Å². The Morgan fingerprint density at radius 1 is 1.00 bits per heavy atom. The minimum atomic E-state index is 0.160. The molecular weight excluding hydrogens is 305 g/mol. The smallest absolute Gasteiger partial charge is 0.119 e. The van der Waals surface area contributed by atoms with Crippen molar-refractivity contribution in [3.8, 4) is 5.75 Å². The molecule has 4 heteroatoms. The van der Waals surface area contributed by atoms with Crippen molar-refractivity contribution in [3.05, 3.63) is 64.1 Å². The molecule has 0 bridgehead atoms. The number of rotatable bonds is 7. The van der Waals surface area contributed by atoms with E-state index in [9.17, 15) is 0 Å². The summed E-state index contributed by atoms with van der Waals surface area (Å²) in [5.74, 6) is 0.866. The lowest BCUT2D eigenvalue weighted by Gasteiger charge is -2.20. The van der Waals surface area contributed by atoms with Gasteiger partial charge in [-0.2, -0.15) is 0 Å². The van der Waals surface area contributed by atoms with E-state index in [1.54, 1.807) is 0 Å². The largest absolute Gasteiger partial charge is 0.492 e. The molecule has 2 aromatic rings. The Morgan fingerprint density at radius 3 is 2.29 bits per heavy atom. The van der Waals surface area contributed by atoms with E-state index >= 15 is 0 Å². The highest BCUT2D eigenvalue weighted by Gasteiger charge is 2.14. The monoisotopic (exact) mass is 323 g/mol. The Hall–Kier alpha value is -1.22. The second-order valence-corrected chi connectivity index (χ2v) is 5.60. The van der Waals surface area contributed by atoms with Gasteiger partial charge in [-0.3, -0.25) is 0 Å². The zero-order valence-corrected chi connectivity index (χ0v) is 13.5. The predicted octanol–water partition coefficient (Wildman–Crippen LogP) is 4.59. The minimum absolute atomic E-state index is 0.160. The quantitative estimate of drug-likeness (QED) is 0.804. The number of para-hydroxylation sites is 1. The SMILES string of the molecule is CCNC(COc1ccccc1)Cc1c(Cl)cccc1Cl. The number of likely N-dealkylation sites (N-methyl/N-ethyl adjacent to an activating group) is 1. The zero-order valence-electron chi connectivity index (χ0n) is 12.0. The Bertz CT molecular complexity index is 540. The summed E-state index contributed by atoms with van der Waals surface area (Å²) in [7, 11) is 0. The van der Waals surface area contributed by atoms with Gasteiger partial charge < -0.3 is 10.1 Å². The summed E-state index contributed by atoms with van der Waals surface area (Å²) in [5, 5.41) is 4.81. The number of nitrogens with one attached hydrogen (secondary N) is 1. The maximum atomic E-state index is 6.24. The normalized spacial score (nSPS) is 12.1. The predicted molar refractivity (Wildman–Crippen MR) is 89.6 cm³/mol. The molecule has 0 spiro atoms. The lowest BCUT2D eigenvalue weighted by molar-refractivity contribution is 0.265. The van der Waals surface area contributed by atoms with E-state index in [2.05, 4.69) is 12.2 Å². The van der Waals surface area contributed by atoms with Gasteiger partial charge in [-0.05, 0) is 42.8 Å². The molecule has 2 rings (SSSR count). The number of ether oxygens (including phenoxy) is 1. The molecule has 0 saturated heterocycles. The van der Waals surface area contributed by atoms with Gasteiger partial charge in [0.05, 0.1) is 0 Å². The first-order valence-corrected chi connectivity index (χ1v) is 7.80. The van der Waals surface area contributed by atoms with E-state index in [1.165, 1.54) is 0 Å². The molecule has 1 atom stereocenters. The molecule has 0 saturated carbocycles. The molecule has 2 nitrogen and oxygen atoms in total. The molecule has 1 unspecified atom stereocenters. The van der Waals surface area contributed by atoms with Gasteiger partial charge in [-0.15, -0.1) is 0 Å². The number of hydrogen-bond acceptors (Lipinski definition) is 2. The molecule has 0 aromatic heterocycles. The van der Waals surface area contributed by atoms with E-state index in [0.717, 1.165) is 24.3 Å². The fourth-order valence-electron chi connectivity index (χ4n) is 2.17. The summed E-state index contributed by atoms with van der Waals surface area (Å²) >= 11 is 12.5. The van der Waals surface area contributed by atoms with Crippen LogP contribution in [0.3, 0.4) is 0 Å². The van der Waals surface area contributed by atoms with Crippen LogP contribution in [0.25, 0.3) is 0 Å². The molecule has 0 heterocycles. The van der Waals surface area contributed by atoms with Gasteiger partial charge in [0.2, 0.25) is 0 Å². The summed E-state index contributed by atoms with van der Waals surface area (Å²) in [6.07, 6.45) is 0.735. The maximum Gasteiger partial charge on any atom is 0.119 e. The van der Waals surface area contributed by atoms with Crippen LogP contribution < -0.4 is 10.1 Å². The average molecular weight is 324 g/mol. The van der Waals surface area contributed by atoms with Crippen LogP contribution in [0.15, 0.2) is 48.5 Å². The molecule has 2 aromatic carbocycles. The van der Waals surface area contributed by atoms with Gasteiger partial charge in [0.1, 0.15) is 12.4 Å². The summed E-state index contributed by atoms with van der Waals surface area (Å²) in [6.45, 7) is 3.51. The number of halogens is 2. The Morgan fingerprint density at radius 2 is 1.67 bits per heavy atom. The fourth-order valence-corrected chi connectivity index (χ4v) is 2.72. The van der Waals surface area contributed by atoms with Crippen molar-refractivity contribution in [3.63, 3.8) is 0 Å². The first-order valence-electron chi connectivity index (χ1n) is 7.04. The van der Waals surface area contributed by atoms with Crippen LogP contribution in [-0.2, 0) is 6.42 Å². The molecule has 0 aliphatic rings. The fraction of sp³-hybridized carbons (Fsp3) is 0.294. The van der Waals surface area contributed by atoms with Gasteiger partial charge in [0, 0.05) is 16.1 Å². The first-order chi connectivity index (χ1) is 10.2. The van der Waals surface area contributed by atoms with E-state index < -0.39 is 0 Å². The Balaban J connectivity index is 2.02. The van der Waals surface area contributed by atoms with E-state index in [4.69, 9.17) is 27.9 Å². The van der Waals surface area contributed by atoms with Gasteiger partial charge in [-0.25, -0.2) is 0 Å². The molecule has 0 radical (unpaired) electrons. The molecule has 21 heavy (non-hydrogen) atoms. The summed E-state index contributed by atoms with van der Waals surface area (Å²) in [4.78, 5) is 0. The molecule has 1 N–H and O–H groups in total. The summed E-state index contributed by atoms with van der Waals surface area (Å²) in [5.41, 5.74) is 0.962. The second kappa shape index (κ2) is 8.28. The van der Waals surface area contributed by atoms with Crippen LogP contribution in [0.4, 0.5) is 0 Å². The second-order valence-electron chi connectivity index (χ2n) is 4.78. The number of hydrogen-bond donors (Lipinski definition) is 1. The summed E-state index contributed by atoms with van der Waals surface area (Å²) in [6, 6.07) is 15.5. The van der Waals surface area contributed by atoms with E-state index in [0.29, 0.717) is 16.7 Å². The standard InChI is InChI=1S/C17H19Cl2NO/c1-2-20-13(12-21-14-7-4-3-5-8-14)11-15-16(18)9-6-10-17(15)19/h3-10,13,20H,2,11-12H2,1H3. The molecule has 0 fully saturated rings. The van der Waals surface area contributed by atoms with Gasteiger partial charge in [-0.1, -0.05) is 54.4 Å². The van der Waals surface area contributed by atoms with Crippen molar-refractivity contribution in [2.75, 3.05) is 13.2 Å². The van der Waals surface area contributed by atoms with Crippen molar-refractivity contribution in [2.24, 2.45) is 0 Å². The molecule has 0 aliphatic heterocycles. The van der Waals surface area contributed by atoms with Crippen LogP contribution in [0.1, 0.15) is 12.5 Å². The lowest BCUT2D eigenvalue weighted by atomic mass is 10.1. The molecule has 0 aliphatic carbocycles. The average Bonchev–Trinajstić information content (AvgIpc) is 2.49. The van der Waals surface area contributed by atoms with Crippen molar-refractivity contribution in [2.45, 2.75) is 19.4 Å². The van der Waals surface area contributed by atoms with Crippen LogP contribution in [0.5, 0.6) is 5.75 Å². The van der Waals surface area contributed by atoms with E-state index in [1.807, 2.05) is 48.5 Å². The molecule has 0 amide bonds. The van der Waals surface area contributed by atoms with Gasteiger partial charge in [0.25, 0.3) is 0 Å². The van der Waals surface area contributed by atoms with E-state index in [-0.39, 0.29) is 6.04 Å². The van der Waals surface area contributed by atoms with Crippen molar-refractivity contribution < 1.29 is 4.74 Å². The highest BCUT2D eigenvalue weighted by Crippen LogP contribution is 2.25. The van der Waals surface area contributed by atoms with Crippen molar-refractivity contribution in [1.29, 1.82) is 0 Å². The van der Waals surface area contributed by atoms with Crippen molar-refractivity contribution >= 4 is 23.2 Å². The third-order valence-electron chi connectivity index (χ3n) is 3.20. The Kier molecular flexibility index (Phi) is 6.37. The van der Waals surface area contributed by atoms with Gasteiger partial charge in [0.15, 0.2) is 0 Å². The first kappa shape index (κ1) is 16.2. The summed E-state index contributed by atoms with van der Waals surface area (Å²) < 4.78 is 5.82. The van der Waals surface area contributed by atoms with Crippen molar-refractivity contribution in [1.82, 2.24) is 5.32 Å². The Labute approximate surface area is 136 Å². The van der Waals surface area contributed by atoms with Crippen LogP contribution in [-0.4, -0.2) is 19.2 Å². The maximum absolute atomic E-state index is 6.24. The highest BCUT2D eigenvalue weighted by molar-refractivity contribution is 6.36. The van der Waals surface area contributed by atoms with Crippen LogP contribution in [0, 0.1) is 0 Å². The molecule has 112 valence electrons. The topological polar surface area (TPSA) is 21.3 Å². The number of benzene rings is 2. The highest BCUT2D eigenvalue weighted by atomic mass is 35.5. The minimum Gasteiger partial charge on any atom is -0.492 e. The van der Waals surface area contributed by atoms with Crippen LogP contribution >= 0.6 is 23.2 Å².